The summed E-state index contributed by atoms with van der Waals surface area (Å²) in [6.07, 6.45) is 3.95. The van der Waals surface area contributed by atoms with Crippen LogP contribution in [0, 0.1) is 0 Å². The molecule has 0 aromatic heterocycles. The molecule has 2 saturated carbocycles. The lowest BCUT2D eigenvalue weighted by atomic mass is 9.87. The highest BCUT2D eigenvalue weighted by atomic mass is 16.6. The number of amides is 1. The van der Waals surface area contributed by atoms with Crippen LogP contribution in [0.4, 0.5) is 4.79 Å². The summed E-state index contributed by atoms with van der Waals surface area (Å²) < 4.78 is 5.75. The van der Waals surface area contributed by atoms with Crippen LogP contribution in [0.5, 0.6) is 0 Å². The van der Waals surface area contributed by atoms with Crippen molar-refractivity contribution in [2.24, 2.45) is 0 Å². The first kappa shape index (κ1) is 9.42. The first-order valence-electron chi connectivity index (χ1n) is 6.81. The molecule has 5 aliphatic rings. The Morgan fingerprint density at radius 2 is 1.67 bits per heavy atom. The Morgan fingerprint density at radius 3 is 2.22 bits per heavy atom. The predicted molar refractivity (Wildman–Crippen MR) is 65.5 cm³/mol. The third-order valence-corrected chi connectivity index (χ3v) is 5.72. The summed E-state index contributed by atoms with van der Waals surface area (Å²) in [6.45, 7) is 0. The highest BCUT2D eigenvalue weighted by molar-refractivity contribution is 5.74. The van der Waals surface area contributed by atoms with Crippen molar-refractivity contribution in [2.75, 3.05) is 0 Å². The van der Waals surface area contributed by atoms with Gasteiger partial charge < -0.3 is 10.1 Å². The van der Waals surface area contributed by atoms with Crippen molar-refractivity contribution < 1.29 is 9.53 Å². The number of nitrogens with one attached hydrogen (secondary N) is 1. The van der Waals surface area contributed by atoms with Gasteiger partial charge in [0.15, 0.2) is 0 Å². The van der Waals surface area contributed by atoms with E-state index in [-0.39, 0.29) is 17.2 Å². The maximum Gasteiger partial charge on any atom is 0.408 e. The lowest BCUT2D eigenvalue weighted by Gasteiger charge is -2.29. The van der Waals surface area contributed by atoms with E-state index < -0.39 is 0 Å². The minimum Gasteiger partial charge on any atom is -0.440 e. The van der Waals surface area contributed by atoms with Crippen LogP contribution in [0.25, 0.3) is 0 Å². The van der Waals surface area contributed by atoms with Crippen molar-refractivity contribution in [3.8, 4) is 0 Å². The van der Waals surface area contributed by atoms with Crippen LogP contribution in [0.3, 0.4) is 0 Å². The molecule has 1 N–H and O–H groups in total. The smallest absolute Gasteiger partial charge is 0.408 e. The summed E-state index contributed by atoms with van der Waals surface area (Å²) in [6, 6.07) is 8.82. The van der Waals surface area contributed by atoms with E-state index in [0.717, 1.165) is 25.7 Å². The SMILES string of the molecule is O=C1NC23CC4CC2(CC(C3)c2ccccc24)O1. The molecular weight excluding hydrogens is 226 g/mol. The highest BCUT2D eigenvalue weighted by Gasteiger charge is 2.72. The number of rotatable bonds is 0. The van der Waals surface area contributed by atoms with Crippen molar-refractivity contribution in [1.29, 1.82) is 0 Å². The molecule has 0 radical (unpaired) electrons. The zero-order valence-electron chi connectivity index (χ0n) is 10.1. The van der Waals surface area contributed by atoms with Crippen molar-refractivity contribution in [3.05, 3.63) is 35.4 Å². The Morgan fingerprint density at radius 1 is 1.06 bits per heavy atom. The Hall–Kier alpha value is -1.51. The largest absolute Gasteiger partial charge is 0.440 e. The van der Waals surface area contributed by atoms with Gasteiger partial charge in [-0.2, -0.15) is 0 Å². The number of carbonyl (C=O) groups is 1. The Kier molecular flexibility index (Phi) is 1.35. The molecule has 2 atom stereocenters. The minimum absolute atomic E-state index is 0.0710. The predicted octanol–water partition coefficient (Wildman–Crippen LogP) is 2.67. The van der Waals surface area contributed by atoms with Crippen molar-refractivity contribution in [3.63, 3.8) is 0 Å². The highest BCUT2D eigenvalue weighted by Crippen LogP contribution is 2.67. The molecule has 2 spiro atoms. The molecule has 1 saturated heterocycles. The van der Waals surface area contributed by atoms with E-state index in [1.165, 1.54) is 11.1 Å². The molecule has 6 rings (SSSR count). The van der Waals surface area contributed by atoms with E-state index in [1.807, 2.05) is 0 Å². The van der Waals surface area contributed by atoms with Crippen LogP contribution in [0.1, 0.15) is 48.6 Å². The van der Waals surface area contributed by atoms with Gasteiger partial charge in [0.05, 0.1) is 5.54 Å². The standard InChI is InChI=1S/C15H15NO2/c17-13-16-14-5-9-7-15(14,18-13)8-10(6-14)12-4-2-1-3-11(9)12/h1-4,9-10H,5-8H2,(H,16,17). The van der Waals surface area contributed by atoms with Gasteiger partial charge in [0, 0.05) is 0 Å². The zero-order chi connectivity index (χ0) is 12.0. The number of benzene rings is 1. The van der Waals surface area contributed by atoms with E-state index in [4.69, 9.17) is 4.74 Å². The van der Waals surface area contributed by atoms with Crippen LogP contribution in [0.2, 0.25) is 0 Å². The molecule has 4 aliphatic carbocycles. The molecule has 2 unspecified atom stereocenters. The summed E-state index contributed by atoms with van der Waals surface area (Å²) in [7, 11) is 0. The molecule has 1 aromatic carbocycles. The second kappa shape index (κ2) is 2.58. The molecule has 92 valence electrons. The average Bonchev–Trinajstić information content (AvgIpc) is 2.75. The molecule has 4 bridgehead atoms. The van der Waals surface area contributed by atoms with E-state index in [0.29, 0.717) is 11.8 Å². The van der Waals surface area contributed by atoms with Gasteiger partial charge in [-0.05, 0) is 48.6 Å². The van der Waals surface area contributed by atoms with Gasteiger partial charge >= 0.3 is 6.09 Å². The van der Waals surface area contributed by atoms with Gasteiger partial charge in [-0.3, -0.25) is 0 Å². The third-order valence-electron chi connectivity index (χ3n) is 5.72. The molecular formula is C15H15NO2. The van der Waals surface area contributed by atoms with Crippen LogP contribution in [0.15, 0.2) is 24.3 Å². The first-order valence-corrected chi connectivity index (χ1v) is 6.81. The normalized spacial score (nSPS) is 46.3. The van der Waals surface area contributed by atoms with Crippen molar-refractivity contribution >= 4 is 6.09 Å². The maximum atomic E-state index is 11.6. The number of hydrogen-bond acceptors (Lipinski definition) is 2. The third kappa shape index (κ3) is 0.826. The van der Waals surface area contributed by atoms with Gasteiger partial charge in [0.2, 0.25) is 0 Å². The summed E-state index contributed by atoms with van der Waals surface area (Å²) in [5.41, 5.74) is 2.73. The zero-order valence-corrected chi connectivity index (χ0v) is 10.1. The van der Waals surface area contributed by atoms with Gasteiger partial charge in [0.25, 0.3) is 0 Å². The Bertz CT molecular complexity index is 519. The van der Waals surface area contributed by atoms with Gasteiger partial charge in [-0.15, -0.1) is 0 Å². The molecule has 1 aromatic rings. The van der Waals surface area contributed by atoms with Gasteiger partial charge in [0.1, 0.15) is 5.60 Å². The summed E-state index contributed by atoms with van der Waals surface area (Å²) in [5.74, 6) is 1.13. The molecule has 1 amide bonds. The fourth-order valence-electron chi connectivity index (χ4n) is 5.20. The quantitative estimate of drug-likeness (QED) is 0.758. The monoisotopic (exact) mass is 241 g/mol. The van der Waals surface area contributed by atoms with E-state index >= 15 is 0 Å². The van der Waals surface area contributed by atoms with Crippen LogP contribution < -0.4 is 5.32 Å². The summed E-state index contributed by atoms with van der Waals surface area (Å²) >= 11 is 0. The Balaban J connectivity index is 1.75. The van der Waals surface area contributed by atoms with Crippen LogP contribution in [-0.4, -0.2) is 17.2 Å². The fourth-order valence-corrected chi connectivity index (χ4v) is 5.20. The van der Waals surface area contributed by atoms with E-state index in [2.05, 4.69) is 29.6 Å². The molecule has 3 fully saturated rings. The second-order valence-electron chi connectivity index (χ2n) is 6.43. The van der Waals surface area contributed by atoms with Crippen LogP contribution >= 0.6 is 0 Å². The molecule has 1 aliphatic heterocycles. The summed E-state index contributed by atoms with van der Waals surface area (Å²) in [5, 5.41) is 3.16. The van der Waals surface area contributed by atoms with Crippen LogP contribution in [-0.2, 0) is 4.74 Å². The van der Waals surface area contributed by atoms with Crippen molar-refractivity contribution in [1.82, 2.24) is 5.32 Å². The van der Waals surface area contributed by atoms with Crippen molar-refractivity contribution in [2.45, 2.75) is 48.7 Å². The lowest BCUT2D eigenvalue weighted by Crippen LogP contribution is -2.48. The summed E-state index contributed by atoms with van der Waals surface area (Å²) in [4.78, 5) is 11.6. The van der Waals surface area contributed by atoms with E-state index in [9.17, 15) is 4.79 Å². The molecule has 3 heteroatoms. The topological polar surface area (TPSA) is 38.3 Å². The number of carbonyl (C=O) groups excluding carboxylic acids is 1. The number of ether oxygens (including phenoxy) is 1. The lowest BCUT2D eigenvalue weighted by molar-refractivity contribution is 0.0340. The number of alkyl carbamates (subject to hydrolysis) is 1. The molecule has 18 heavy (non-hydrogen) atoms. The Labute approximate surface area is 106 Å². The average molecular weight is 241 g/mol. The van der Waals surface area contributed by atoms with Gasteiger partial charge in [-0.25, -0.2) is 4.79 Å². The maximum absolute atomic E-state index is 11.6. The minimum atomic E-state index is -0.210. The first-order chi connectivity index (χ1) is 8.71. The van der Waals surface area contributed by atoms with Gasteiger partial charge in [-0.1, -0.05) is 24.3 Å². The molecule has 3 nitrogen and oxygen atoms in total. The number of hydrogen-bond donors (Lipinski definition) is 1. The van der Waals surface area contributed by atoms with E-state index in [1.54, 1.807) is 0 Å². The fraction of sp³-hybridized carbons (Fsp3) is 0.533. The second-order valence-corrected chi connectivity index (χ2v) is 6.43. The molecule has 1 heterocycles.